The van der Waals surface area contributed by atoms with E-state index in [4.69, 9.17) is 26.4 Å². The van der Waals surface area contributed by atoms with Gasteiger partial charge in [-0.3, -0.25) is 4.79 Å². The molecule has 9 heteroatoms. The van der Waals surface area contributed by atoms with Gasteiger partial charge in [0.1, 0.15) is 0 Å². The van der Waals surface area contributed by atoms with E-state index in [0.717, 1.165) is 23.2 Å². The van der Waals surface area contributed by atoms with Gasteiger partial charge in [-0.15, -0.1) is 0 Å². The van der Waals surface area contributed by atoms with Gasteiger partial charge in [-0.25, -0.2) is 4.79 Å². The minimum Gasteiger partial charge on any atom is -0.493 e. The molecule has 8 nitrogen and oxygen atoms in total. The number of ether oxygens (including phenoxy) is 3. The number of nitrogens with one attached hydrogen (secondary N) is 1. The molecule has 2 heterocycles. The molecular formula is C24H27N3O5S. The van der Waals surface area contributed by atoms with Crippen molar-refractivity contribution in [2.45, 2.75) is 19.4 Å². The summed E-state index contributed by atoms with van der Waals surface area (Å²) >= 11 is 5.62. The number of esters is 1. The summed E-state index contributed by atoms with van der Waals surface area (Å²) in [6.45, 7) is 3.54. The van der Waals surface area contributed by atoms with Crippen LogP contribution < -0.4 is 14.8 Å². The lowest BCUT2D eigenvalue weighted by Gasteiger charge is -2.45. The molecule has 2 aromatic carbocycles. The lowest BCUT2D eigenvalue weighted by molar-refractivity contribution is -0.138. The molecule has 4 rings (SSSR count). The van der Waals surface area contributed by atoms with Crippen LogP contribution in [0.15, 0.2) is 36.4 Å². The van der Waals surface area contributed by atoms with Crippen molar-refractivity contribution in [2.24, 2.45) is 0 Å². The Morgan fingerprint density at radius 1 is 1.15 bits per heavy atom. The topological polar surface area (TPSA) is 80.3 Å². The Hall–Kier alpha value is -3.33. The summed E-state index contributed by atoms with van der Waals surface area (Å²) < 4.78 is 16.0. The van der Waals surface area contributed by atoms with Crippen molar-refractivity contribution in [1.29, 1.82) is 0 Å². The van der Waals surface area contributed by atoms with E-state index in [9.17, 15) is 9.59 Å². The maximum Gasteiger partial charge on any atom is 0.338 e. The Kier molecular flexibility index (Phi) is 6.69. The van der Waals surface area contributed by atoms with Crippen LogP contribution in [0.2, 0.25) is 0 Å². The first-order valence-electron chi connectivity index (χ1n) is 10.8. The summed E-state index contributed by atoms with van der Waals surface area (Å²) in [5, 5.41) is 3.64. The predicted octanol–water partition coefficient (Wildman–Crippen LogP) is 3.02. The molecule has 0 aliphatic carbocycles. The van der Waals surface area contributed by atoms with Crippen LogP contribution in [0.5, 0.6) is 11.5 Å². The van der Waals surface area contributed by atoms with Crippen LogP contribution >= 0.6 is 12.2 Å². The number of thiocarbonyl (C=S) groups is 1. The zero-order chi connectivity index (χ0) is 23.5. The molecule has 0 radical (unpaired) electrons. The Bertz CT molecular complexity index is 1070. The van der Waals surface area contributed by atoms with E-state index in [1.54, 1.807) is 45.4 Å². The summed E-state index contributed by atoms with van der Waals surface area (Å²) in [6.07, 6.45) is 0.771. The molecular weight excluding hydrogens is 442 g/mol. The van der Waals surface area contributed by atoms with Crippen molar-refractivity contribution in [3.63, 3.8) is 0 Å². The van der Waals surface area contributed by atoms with Gasteiger partial charge in [0.25, 0.3) is 0 Å². The molecule has 2 aliphatic heterocycles. The van der Waals surface area contributed by atoms with Gasteiger partial charge >= 0.3 is 5.97 Å². The molecule has 0 aromatic heterocycles. The van der Waals surface area contributed by atoms with Crippen LogP contribution in [0.25, 0.3) is 0 Å². The fraction of sp³-hybridized carbons (Fsp3) is 0.375. The maximum absolute atomic E-state index is 13.0. The number of anilines is 1. The minimum absolute atomic E-state index is 0.0356. The van der Waals surface area contributed by atoms with Crippen molar-refractivity contribution in [3.8, 4) is 11.5 Å². The highest BCUT2D eigenvalue weighted by Crippen LogP contribution is 2.39. The molecule has 0 spiro atoms. The van der Waals surface area contributed by atoms with Crippen LogP contribution in [0, 0.1) is 0 Å². The molecule has 2 aliphatic rings. The fourth-order valence-corrected chi connectivity index (χ4v) is 4.57. The molecule has 0 unspecified atom stereocenters. The van der Waals surface area contributed by atoms with Crippen molar-refractivity contribution in [3.05, 3.63) is 53.1 Å². The van der Waals surface area contributed by atoms with Crippen LogP contribution in [0.4, 0.5) is 5.69 Å². The molecule has 1 atom stereocenters. The van der Waals surface area contributed by atoms with Crippen LogP contribution in [0.3, 0.4) is 0 Å². The SMILES string of the molecule is CCOC(=O)c1ccc(NC(=S)N2CC(=O)N3CCc4cc(OC)c(OC)cc4[C@H]3C2)cc1. The smallest absolute Gasteiger partial charge is 0.338 e. The van der Waals surface area contributed by atoms with Gasteiger partial charge in [0.05, 0.1) is 39.0 Å². The second-order valence-electron chi connectivity index (χ2n) is 7.87. The van der Waals surface area contributed by atoms with Gasteiger partial charge in [-0.05, 0) is 73.1 Å². The van der Waals surface area contributed by atoms with Gasteiger partial charge in [0.2, 0.25) is 5.91 Å². The first-order chi connectivity index (χ1) is 15.9. The number of piperazine rings is 1. The van der Waals surface area contributed by atoms with E-state index < -0.39 is 0 Å². The number of amides is 1. The zero-order valence-corrected chi connectivity index (χ0v) is 19.7. The van der Waals surface area contributed by atoms with Crippen LogP contribution in [-0.4, -0.2) is 67.2 Å². The number of hydrogen-bond donors (Lipinski definition) is 1. The summed E-state index contributed by atoms with van der Waals surface area (Å²) in [7, 11) is 3.23. The lowest BCUT2D eigenvalue weighted by Crippen LogP contribution is -2.56. The van der Waals surface area contributed by atoms with Crippen LogP contribution in [0.1, 0.15) is 34.5 Å². The third-order valence-electron chi connectivity index (χ3n) is 5.98. The molecule has 2 aromatic rings. The average Bonchev–Trinajstić information content (AvgIpc) is 2.83. The molecule has 0 saturated carbocycles. The number of methoxy groups -OCH3 is 2. The molecule has 1 saturated heterocycles. The second kappa shape index (κ2) is 9.66. The van der Waals surface area contributed by atoms with E-state index in [1.165, 1.54) is 0 Å². The van der Waals surface area contributed by atoms with Crippen molar-refractivity contribution >= 4 is 34.9 Å². The fourth-order valence-electron chi connectivity index (χ4n) is 4.31. The third kappa shape index (κ3) is 4.59. The number of carbonyl (C=O) groups excluding carboxylic acids is 2. The molecule has 0 bridgehead atoms. The number of hydrogen-bond acceptors (Lipinski definition) is 6. The highest BCUT2D eigenvalue weighted by atomic mass is 32.1. The monoisotopic (exact) mass is 469 g/mol. The van der Waals surface area contributed by atoms with E-state index in [2.05, 4.69) is 5.32 Å². The third-order valence-corrected chi connectivity index (χ3v) is 6.34. The number of carbonyl (C=O) groups is 2. The van der Waals surface area contributed by atoms with Crippen molar-refractivity contribution in [2.75, 3.05) is 45.8 Å². The predicted molar refractivity (Wildman–Crippen MR) is 128 cm³/mol. The summed E-state index contributed by atoms with van der Waals surface area (Å²) in [4.78, 5) is 28.6. The van der Waals surface area contributed by atoms with E-state index in [-0.39, 0.29) is 24.5 Å². The highest BCUT2D eigenvalue weighted by molar-refractivity contribution is 7.80. The number of nitrogens with zero attached hydrogens (tertiary/aromatic N) is 2. The van der Waals surface area contributed by atoms with E-state index in [0.29, 0.717) is 41.9 Å². The van der Waals surface area contributed by atoms with Crippen LogP contribution in [-0.2, 0) is 16.0 Å². The number of benzene rings is 2. The largest absolute Gasteiger partial charge is 0.493 e. The van der Waals surface area contributed by atoms with Crippen molar-refractivity contribution < 1.29 is 23.8 Å². The summed E-state index contributed by atoms with van der Waals surface area (Å²) in [6, 6.07) is 10.7. The quantitative estimate of drug-likeness (QED) is 0.529. The first-order valence-corrected chi connectivity index (χ1v) is 11.2. The number of rotatable bonds is 5. The molecule has 1 fully saturated rings. The minimum atomic E-state index is -0.364. The summed E-state index contributed by atoms with van der Waals surface area (Å²) in [5.41, 5.74) is 3.41. The van der Waals surface area contributed by atoms with E-state index in [1.807, 2.05) is 21.9 Å². The van der Waals surface area contributed by atoms with Crippen molar-refractivity contribution in [1.82, 2.24) is 9.80 Å². The second-order valence-corrected chi connectivity index (χ2v) is 8.25. The van der Waals surface area contributed by atoms with Gasteiger partial charge in [-0.1, -0.05) is 0 Å². The normalized spacial score (nSPS) is 17.1. The Morgan fingerprint density at radius 2 is 1.85 bits per heavy atom. The maximum atomic E-state index is 13.0. The molecule has 174 valence electrons. The summed E-state index contributed by atoms with van der Waals surface area (Å²) in [5.74, 6) is 1.00. The first kappa shape index (κ1) is 22.8. The Balaban J connectivity index is 1.51. The zero-order valence-electron chi connectivity index (χ0n) is 18.9. The standard InChI is InChI=1S/C24H27N3O5S/c1-4-32-23(29)15-5-7-17(8-6-15)25-24(33)26-13-19-18-12-21(31-3)20(30-2)11-16(18)9-10-27(19)22(28)14-26/h5-8,11-12,19H,4,9-10,13-14H2,1-3H3,(H,25,33)/t19-/m1/s1. The molecule has 33 heavy (non-hydrogen) atoms. The van der Waals surface area contributed by atoms with Gasteiger partial charge in [0.15, 0.2) is 16.6 Å². The average molecular weight is 470 g/mol. The molecule has 1 N–H and O–H groups in total. The lowest BCUT2D eigenvalue weighted by atomic mass is 9.90. The Labute approximate surface area is 198 Å². The van der Waals surface area contributed by atoms with Gasteiger partial charge < -0.3 is 29.3 Å². The van der Waals surface area contributed by atoms with Gasteiger partial charge in [-0.2, -0.15) is 0 Å². The Morgan fingerprint density at radius 3 is 2.52 bits per heavy atom. The highest BCUT2D eigenvalue weighted by Gasteiger charge is 2.38. The van der Waals surface area contributed by atoms with E-state index >= 15 is 0 Å². The van der Waals surface area contributed by atoms with Gasteiger partial charge in [0, 0.05) is 18.8 Å². The molecule has 1 amide bonds. The number of fused-ring (bicyclic) bond motifs is 3.